The van der Waals surface area contributed by atoms with Crippen LogP contribution in [0.3, 0.4) is 0 Å². The van der Waals surface area contributed by atoms with Crippen molar-refractivity contribution in [3.05, 3.63) is 77.2 Å². The lowest BCUT2D eigenvalue weighted by atomic mass is 10.1. The Morgan fingerprint density at radius 1 is 1.19 bits per heavy atom. The molecule has 4 rings (SSSR count). The van der Waals surface area contributed by atoms with Gasteiger partial charge in [-0.25, -0.2) is 4.98 Å². The number of carbonyl (C=O) groups is 1. The number of hydrogen-bond acceptors (Lipinski definition) is 4. The second kappa shape index (κ2) is 6.96. The van der Waals surface area contributed by atoms with Gasteiger partial charge in [0.1, 0.15) is 5.69 Å². The van der Waals surface area contributed by atoms with Crippen molar-refractivity contribution >= 4 is 22.2 Å². The van der Waals surface area contributed by atoms with Crippen LogP contribution < -0.4 is 0 Å². The molecule has 4 aromatic rings. The minimum atomic E-state index is -0.118. The fraction of sp³-hybridized carbons (Fsp3) is 0.190. The zero-order valence-electron chi connectivity index (χ0n) is 15.5. The smallest absolute Gasteiger partial charge is 0.272 e. The maximum Gasteiger partial charge on any atom is 0.272 e. The highest BCUT2D eigenvalue weighted by molar-refractivity contribution is 7.15. The van der Waals surface area contributed by atoms with E-state index in [1.165, 1.54) is 11.3 Å². The summed E-state index contributed by atoms with van der Waals surface area (Å²) in [5, 5.41) is 1.87. The third kappa shape index (κ3) is 3.13. The van der Waals surface area contributed by atoms with Crippen LogP contribution in [0, 0.1) is 6.92 Å². The zero-order valence-corrected chi connectivity index (χ0v) is 16.3. The predicted octanol–water partition coefficient (Wildman–Crippen LogP) is 4.60. The van der Waals surface area contributed by atoms with E-state index in [0.29, 0.717) is 5.69 Å². The van der Waals surface area contributed by atoms with E-state index >= 15 is 0 Å². The summed E-state index contributed by atoms with van der Waals surface area (Å²) in [5.41, 5.74) is 4.62. The number of rotatable bonds is 4. The number of pyridine rings is 1. The van der Waals surface area contributed by atoms with Gasteiger partial charge in [0.25, 0.3) is 5.91 Å². The molecule has 0 fully saturated rings. The van der Waals surface area contributed by atoms with Crippen molar-refractivity contribution < 1.29 is 4.79 Å². The molecule has 0 aliphatic heterocycles. The molecular formula is C21H20N4OS. The number of imidazole rings is 1. The molecule has 0 bridgehead atoms. The Balaban J connectivity index is 1.67. The summed E-state index contributed by atoms with van der Waals surface area (Å²) in [6, 6.07) is 13.8. The molecule has 0 saturated carbocycles. The third-order valence-corrected chi connectivity index (χ3v) is 5.71. The lowest BCUT2D eigenvalue weighted by Gasteiger charge is -2.24. The first-order valence-electron chi connectivity index (χ1n) is 8.77. The van der Waals surface area contributed by atoms with E-state index in [4.69, 9.17) is 4.98 Å². The van der Waals surface area contributed by atoms with Crippen LogP contribution in [0.2, 0.25) is 0 Å². The monoisotopic (exact) mass is 376 g/mol. The Morgan fingerprint density at radius 2 is 1.96 bits per heavy atom. The number of aromatic nitrogens is 3. The Labute approximate surface area is 161 Å². The molecule has 5 nitrogen and oxygen atoms in total. The molecule has 0 aliphatic carbocycles. The number of amides is 1. The fourth-order valence-corrected chi connectivity index (χ4v) is 3.95. The van der Waals surface area contributed by atoms with Gasteiger partial charge in [-0.2, -0.15) is 0 Å². The summed E-state index contributed by atoms with van der Waals surface area (Å²) < 4.78 is 1.89. The van der Waals surface area contributed by atoms with Crippen LogP contribution >= 0.6 is 11.3 Å². The van der Waals surface area contributed by atoms with Crippen molar-refractivity contribution in [3.8, 4) is 11.3 Å². The van der Waals surface area contributed by atoms with Gasteiger partial charge in [0.15, 0.2) is 4.96 Å². The van der Waals surface area contributed by atoms with E-state index in [2.05, 4.69) is 24.0 Å². The number of thiazole rings is 1. The molecule has 1 atom stereocenters. The van der Waals surface area contributed by atoms with Crippen molar-refractivity contribution in [2.45, 2.75) is 19.9 Å². The molecule has 0 radical (unpaired) electrons. The van der Waals surface area contributed by atoms with Gasteiger partial charge < -0.3 is 4.90 Å². The van der Waals surface area contributed by atoms with E-state index < -0.39 is 0 Å². The Kier molecular flexibility index (Phi) is 4.49. The van der Waals surface area contributed by atoms with Gasteiger partial charge in [0, 0.05) is 30.4 Å². The van der Waals surface area contributed by atoms with Gasteiger partial charge in [-0.3, -0.25) is 14.2 Å². The van der Waals surface area contributed by atoms with E-state index in [0.717, 1.165) is 27.5 Å². The predicted molar refractivity (Wildman–Crippen MR) is 108 cm³/mol. The average Bonchev–Trinajstić information content (AvgIpc) is 3.28. The van der Waals surface area contributed by atoms with Gasteiger partial charge in [-0.15, -0.1) is 11.3 Å². The number of hydrogen-bond donors (Lipinski definition) is 0. The van der Waals surface area contributed by atoms with E-state index in [1.54, 1.807) is 11.1 Å². The van der Waals surface area contributed by atoms with Crippen molar-refractivity contribution in [3.63, 3.8) is 0 Å². The highest BCUT2D eigenvalue weighted by atomic mass is 32.1. The first-order valence-corrected chi connectivity index (χ1v) is 9.65. The van der Waals surface area contributed by atoms with Gasteiger partial charge in [-0.05, 0) is 31.5 Å². The van der Waals surface area contributed by atoms with Crippen LogP contribution in [0.25, 0.3) is 16.2 Å². The lowest BCUT2D eigenvalue weighted by Crippen LogP contribution is -2.30. The quantitative estimate of drug-likeness (QED) is 0.523. The topological polar surface area (TPSA) is 50.5 Å². The number of benzene rings is 1. The van der Waals surface area contributed by atoms with Crippen LogP contribution in [-0.2, 0) is 0 Å². The molecule has 3 heterocycles. The molecular weight excluding hydrogens is 356 g/mol. The van der Waals surface area contributed by atoms with E-state index in [-0.39, 0.29) is 11.9 Å². The summed E-state index contributed by atoms with van der Waals surface area (Å²) >= 11 is 1.48. The molecule has 1 unspecified atom stereocenters. The summed E-state index contributed by atoms with van der Waals surface area (Å²) in [6.45, 7) is 4.05. The normalized spacial score (nSPS) is 12.3. The molecule has 1 aromatic carbocycles. The van der Waals surface area contributed by atoms with Crippen LogP contribution in [-0.4, -0.2) is 32.2 Å². The van der Waals surface area contributed by atoms with Crippen molar-refractivity contribution in [2.24, 2.45) is 0 Å². The SMILES string of the molecule is Cc1ccccc1-c1cn2c(C(=O)N(C)C(C)c3ccccn3)csc2n1. The molecule has 0 spiro atoms. The molecule has 3 aromatic heterocycles. The molecule has 0 N–H and O–H groups in total. The number of fused-ring (bicyclic) bond motifs is 1. The summed E-state index contributed by atoms with van der Waals surface area (Å²) in [4.78, 5) is 24.7. The zero-order chi connectivity index (χ0) is 19.0. The first kappa shape index (κ1) is 17.4. The summed E-state index contributed by atoms with van der Waals surface area (Å²) in [5.74, 6) is -0.0480. The summed E-state index contributed by atoms with van der Waals surface area (Å²) in [6.07, 6.45) is 3.69. The van der Waals surface area contributed by atoms with Crippen molar-refractivity contribution in [2.75, 3.05) is 7.05 Å². The molecule has 6 heteroatoms. The van der Waals surface area contributed by atoms with Crippen LogP contribution in [0.4, 0.5) is 0 Å². The highest BCUT2D eigenvalue weighted by Gasteiger charge is 2.23. The average molecular weight is 376 g/mol. The molecule has 136 valence electrons. The molecule has 0 aliphatic rings. The Bertz CT molecular complexity index is 1100. The molecule has 0 saturated heterocycles. The fourth-order valence-electron chi connectivity index (χ4n) is 3.11. The maximum absolute atomic E-state index is 13.1. The largest absolute Gasteiger partial charge is 0.332 e. The summed E-state index contributed by atoms with van der Waals surface area (Å²) in [7, 11) is 1.81. The van der Waals surface area contributed by atoms with Gasteiger partial charge in [-0.1, -0.05) is 30.3 Å². The molecule has 1 amide bonds. The van der Waals surface area contributed by atoms with E-state index in [1.807, 2.05) is 60.3 Å². The Hall–Kier alpha value is -2.99. The lowest BCUT2D eigenvalue weighted by molar-refractivity contribution is 0.0733. The van der Waals surface area contributed by atoms with Crippen LogP contribution in [0.5, 0.6) is 0 Å². The number of carbonyl (C=O) groups excluding carboxylic acids is 1. The van der Waals surface area contributed by atoms with Crippen LogP contribution in [0.15, 0.2) is 60.2 Å². The van der Waals surface area contributed by atoms with Gasteiger partial charge in [0.05, 0.1) is 17.4 Å². The van der Waals surface area contributed by atoms with Gasteiger partial charge in [0.2, 0.25) is 0 Å². The third-order valence-electron chi connectivity index (χ3n) is 4.87. The Morgan fingerprint density at radius 3 is 2.70 bits per heavy atom. The highest BCUT2D eigenvalue weighted by Crippen LogP contribution is 2.27. The van der Waals surface area contributed by atoms with E-state index in [9.17, 15) is 4.79 Å². The van der Waals surface area contributed by atoms with Crippen molar-refractivity contribution in [1.29, 1.82) is 0 Å². The number of nitrogens with zero attached hydrogens (tertiary/aromatic N) is 4. The standard InChI is InChI=1S/C21H20N4OS/c1-14-8-4-5-9-16(14)18-12-25-19(13-27-21(25)23-18)20(26)24(3)15(2)17-10-6-7-11-22-17/h4-13,15H,1-3H3. The number of aryl methyl sites for hydroxylation is 1. The minimum Gasteiger partial charge on any atom is -0.332 e. The van der Waals surface area contributed by atoms with Crippen LogP contribution in [0.1, 0.15) is 34.7 Å². The second-order valence-corrected chi connectivity index (χ2v) is 7.40. The first-order chi connectivity index (χ1) is 13.1. The maximum atomic E-state index is 13.1. The molecule has 27 heavy (non-hydrogen) atoms. The van der Waals surface area contributed by atoms with Gasteiger partial charge >= 0.3 is 0 Å². The minimum absolute atomic E-state index is 0.0480. The van der Waals surface area contributed by atoms with Crippen molar-refractivity contribution in [1.82, 2.24) is 19.3 Å². The second-order valence-electron chi connectivity index (χ2n) is 6.56.